The van der Waals surface area contributed by atoms with Crippen molar-refractivity contribution >= 4 is 22.9 Å². The third kappa shape index (κ3) is 4.26. The molecule has 21 heavy (non-hydrogen) atoms. The molecular formula is C15H20N4OS. The third-order valence-electron chi connectivity index (χ3n) is 2.94. The molecule has 0 saturated heterocycles. The van der Waals surface area contributed by atoms with Gasteiger partial charge in [-0.25, -0.2) is 4.98 Å². The summed E-state index contributed by atoms with van der Waals surface area (Å²) < 4.78 is 0. The van der Waals surface area contributed by atoms with Crippen molar-refractivity contribution in [1.82, 2.24) is 15.3 Å². The van der Waals surface area contributed by atoms with E-state index in [1.807, 2.05) is 32.2 Å². The van der Waals surface area contributed by atoms with E-state index in [-0.39, 0.29) is 5.91 Å². The molecule has 112 valence electrons. The lowest BCUT2D eigenvalue weighted by Crippen LogP contribution is -2.26. The normalized spacial score (nSPS) is 10.4. The summed E-state index contributed by atoms with van der Waals surface area (Å²) in [6, 6.07) is 1.89. The number of pyridine rings is 1. The third-order valence-corrected chi connectivity index (χ3v) is 3.97. The minimum atomic E-state index is -0.105. The molecule has 5 nitrogen and oxygen atoms in total. The van der Waals surface area contributed by atoms with E-state index in [2.05, 4.69) is 20.6 Å². The maximum absolute atomic E-state index is 12.2. The second-order valence-electron chi connectivity index (χ2n) is 4.79. The molecule has 0 bridgehead atoms. The number of nitrogens with one attached hydrogen (secondary N) is 2. The lowest BCUT2D eigenvalue weighted by atomic mass is 10.2. The van der Waals surface area contributed by atoms with Gasteiger partial charge in [-0.3, -0.25) is 9.78 Å². The number of amides is 1. The Bertz CT molecular complexity index is 624. The Kier molecular flexibility index (Phi) is 5.27. The highest BCUT2D eigenvalue weighted by atomic mass is 32.1. The van der Waals surface area contributed by atoms with Crippen LogP contribution in [0.2, 0.25) is 0 Å². The largest absolute Gasteiger partial charge is 0.385 e. The summed E-state index contributed by atoms with van der Waals surface area (Å²) in [4.78, 5) is 20.8. The Balaban J connectivity index is 1.96. The summed E-state index contributed by atoms with van der Waals surface area (Å²) in [5, 5.41) is 9.18. The predicted molar refractivity (Wildman–Crippen MR) is 86.0 cm³/mol. The standard InChI is InChI=1S/C15H20N4OS/c1-4-16-13-7-10(2)18-8-12(13)15(20)17-6-5-14-19-11(3)9-21-14/h7-9H,4-6H2,1-3H3,(H,16,18)(H,17,20). The lowest BCUT2D eigenvalue weighted by Gasteiger charge is -2.11. The van der Waals surface area contributed by atoms with E-state index in [9.17, 15) is 4.79 Å². The van der Waals surface area contributed by atoms with Crippen LogP contribution in [0.25, 0.3) is 0 Å². The van der Waals surface area contributed by atoms with E-state index < -0.39 is 0 Å². The first-order chi connectivity index (χ1) is 10.1. The highest BCUT2D eigenvalue weighted by Gasteiger charge is 2.12. The van der Waals surface area contributed by atoms with E-state index in [4.69, 9.17) is 0 Å². The van der Waals surface area contributed by atoms with E-state index >= 15 is 0 Å². The van der Waals surface area contributed by atoms with Crippen LogP contribution >= 0.6 is 11.3 Å². The van der Waals surface area contributed by atoms with Crippen LogP contribution in [0.5, 0.6) is 0 Å². The van der Waals surface area contributed by atoms with Crippen molar-refractivity contribution in [2.45, 2.75) is 27.2 Å². The summed E-state index contributed by atoms with van der Waals surface area (Å²) >= 11 is 1.62. The van der Waals surface area contributed by atoms with Gasteiger partial charge in [-0.2, -0.15) is 0 Å². The fourth-order valence-electron chi connectivity index (χ4n) is 1.97. The molecule has 0 fully saturated rings. The van der Waals surface area contributed by atoms with Gasteiger partial charge in [0.2, 0.25) is 0 Å². The lowest BCUT2D eigenvalue weighted by molar-refractivity contribution is 0.0954. The molecule has 0 spiro atoms. The summed E-state index contributed by atoms with van der Waals surface area (Å²) in [5.41, 5.74) is 3.32. The van der Waals surface area contributed by atoms with Gasteiger partial charge in [-0.1, -0.05) is 0 Å². The number of rotatable bonds is 6. The first kappa shape index (κ1) is 15.4. The van der Waals surface area contributed by atoms with Gasteiger partial charge in [-0.05, 0) is 26.8 Å². The summed E-state index contributed by atoms with van der Waals surface area (Å²) in [6.07, 6.45) is 2.37. The van der Waals surface area contributed by atoms with E-state index in [0.29, 0.717) is 12.1 Å². The van der Waals surface area contributed by atoms with Crippen molar-refractivity contribution in [2.75, 3.05) is 18.4 Å². The van der Waals surface area contributed by atoms with E-state index in [1.54, 1.807) is 17.5 Å². The monoisotopic (exact) mass is 304 g/mol. The average Bonchev–Trinajstić information content (AvgIpc) is 2.85. The average molecular weight is 304 g/mol. The molecule has 0 unspecified atom stereocenters. The van der Waals surface area contributed by atoms with Crippen LogP contribution in [0.4, 0.5) is 5.69 Å². The summed E-state index contributed by atoms with van der Waals surface area (Å²) in [5.74, 6) is -0.105. The van der Waals surface area contributed by atoms with Gasteiger partial charge >= 0.3 is 0 Å². The summed E-state index contributed by atoms with van der Waals surface area (Å²) in [7, 11) is 0. The highest BCUT2D eigenvalue weighted by Crippen LogP contribution is 2.15. The Hall–Kier alpha value is -1.95. The van der Waals surface area contributed by atoms with Crippen molar-refractivity contribution in [2.24, 2.45) is 0 Å². The van der Waals surface area contributed by atoms with E-state index in [1.165, 1.54) is 0 Å². The van der Waals surface area contributed by atoms with Crippen LogP contribution in [0.3, 0.4) is 0 Å². The Morgan fingerprint density at radius 2 is 2.14 bits per heavy atom. The molecule has 0 radical (unpaired) electrons. The maximum Gasteiger partial charge on any atom is 0.254 e. The Labute approximate surface area is 128 Å². The van der Waals surface area contributed by atoms with Gasteiger partial charge in [-0.15, -0.1) is 11.3 Å². The first-order valence-corrected chi connectivity index (χ1v) is 7.88. The Morgan fingerprint density at radius 1 is 1.33 bits per heavy atom. The fourth-order valence-corrected chi connectivity index (χ4v) is 2.75. The topological polar surface area (TPSA) is 66.9 Å². The fraction of sp³-hybridized carbons (Fsp3) is 0.400. The number of carbonyl (C=O) groups excluding carboxylic acids is 1. The van der Waals surface area contributed by atoms with Crippen molar-refractivity contribution in [3.63, 3.8) is 0 Å². The highest BCUT2D eigenvalue weighted by molar-refractivity contribution is 7.09. The molecule has 0 atom stereocenters. The van der Waals surface area contributed by atoms with Crippen LogP contribution in [-0.4, -0.2) is 29.0 Å². The van der Waals surface area contributed by atoms with Gasteiger partial charge in [0.25, 0.3) is 5.91 Å². The van der Waals surface area contributed by atoms with Crippen molar-refractivity contribution < 1.29 is 4.79 Å². The van der Waals surface area contributed by atoms with Crippen LogP contribution in [-0.2, 0) is 6.42 Å². The molecule has 2 aromatic rings. The minimum Gasteiger partial charge on any atom is -0.385 e. The number of hydrogen-bond donors (Lipinski definition) is 2. The molecular weight excluding hydrogens is 284 g/mol. The number of hydrogen-bond acceptors (Lipinski definition) is 5. The number of thiazole rings is 1. The zero-order valence-electron chi connectivity index (χ0n) is 12.6. The molecule has 0 aliphatic carbocycles. The molecule has 0 saturated carbocycles. The van der Waals surface area contributed by atoms with Gasteiger partial charge in [0.05, 0.1) is 16.3 Å². The molecule has 6 heteroatoms. The predicted octanol–water partition coefficient (Wildman–Crippen LogP) is 2.56. The maximum atomic E-state index is 12.2. The number of aryl methyl sites for hydroxylation is 2. The number of nitrogens with zero attached hydrogens (tertiary/aromatic N) is 2. The van der Waals surface area contributed by atoms with Crippen molar-refractivity contribution in [3.05, 3.63) is 39.6 Å². The van der Waals surface area contributed by atoms with Crippen molar-refractivity contribution in [1.29, 1.82) is 0 Å². The van der Waals surface area contributed by atoms with Gasteiger partial charge < -0.3 is 10.6 Å². The van der Waals surface area contributed by atoms with Gasteiger partial charge in [0.1, 0.15) is 0 Å². The molecule has 1 amide bonds. The zero-order valence-corrected chi connectivity index (χ0v) is 13.4. The molecule has 2 N–H and O–H groups in total. The van der Waals surface area contributed by atoms with Crippen LogP contribution in [0, 0.1) is 13.8 Å². The molecule has 2 heterocycles. The number of carbonyl (C=O) groups is 1. The summed E-state index contributed by atoms with van der Waals surface area (Å²) in [6.45, 7) is 7.22. The molecule has 2 aromatic heterocycles. The second-order valence-corrected chi connectivity index (χ2v) is 5.73. The zero-order chi connectivity index (χ0) is 15.2. The van der Waals surface area contributed by atoms with E-state index in [0.717, 1.165) is 35.0 Å². The smallest absolute Gasteiger partial charge is 0.254 e. The molecule has 0 aliphatic heterocycles. The Morgan fingerprint density at radius 3 is 2.81 bits per heavy atom. The van der Waals surface area contributed by atoms with Crippen LogP contribution in [0.1, 0.15) is 33.7 Å². The number of aromatic nitrogens is 2. The first-order valence-electron chi connectivity index (χ1n) is 7.00. The van der Waals surface area contributed by atoms with Crippen molar-refractivity contribution in [3.8, 4) is 0 Å². The van der Waals surface area contributed by atoms with Crippen LogP contribution in [0.15, 0.2) is 17.6 Å². The minimum absolute atomic E-state index is 0.105. The van der Waals surface area contributed by atoms with Gasteiger partial charge in [0, 0.05) is 42.5 Å². The molecule has 0 aromatic carbocycles. The molecule has 0 aliphatic rings. The quantitative estimate of drug-likeness (QED) is 0.860. The molecule has 2 rings (SSSR count). The second kappa shape index (κ2) is 7.17. The van der Waals surface area contributed by atoms with Gasteiger partial charge in [0.15, 0.2) is 0 Å². The van der Waals surface area contributed by atoms with Crippen LogP contribution < -0.4 is 10.6 Å². The SMILES string of the molecule is CCNc1cc(C)ncc1C(=O)NCCc1nc(C)cs1. The number of anilines is 1.